The van der Waals surface area contributed by atoms with Crippen LogP contribution in [0.25, 0.3) is 0 Å². The highest BCUT2D eigenvalue weighted by molar-refractivity contribution is 7.90. The van der Waals surface area contributed by atoms with E-state index in [0.29, 0.717) is 17.7 Å². The number of amides is 1. The maximum Gasteiger partial charge on any atom is 0.295 e. The van der Waals surface area contributed by atoms with Gasteiger partial charge in [0.25, 0.3) is 11.5 Å². The van der Waals surface area contributed by atoms with Crippen LogP contribution in [0.15, 0.2) is 23.0 Å². The largest absolute Gasteiger partial charge is 0.503 e. The van der Waals surface area contributed by atoms with Crippen molar-refractivity contribution in [3.8, 4) is 5.75 Å². The molecule has 1 amide bonds. The van der Waals surface area contributed by atoms with E-state index in [1.54, 1.807) is 9.80 Å². The molecule has 0 spiro atoms. The fraction of sp³-hybridized carbons (Fsp3) is 0.478. The number of pyridine rings is 1. The molecule has 2 atom stereocenters. The summed E-state index contributed by atoms with van der Waals surface area (Å²) in [6, 6.07) is 4.11. The minimum atomic E-state index is -3.35. The van der Waals surface area contributed by atoms with Gasteiger partial charge in [0.15, 0.2) is 5.75 Å². The molecule has 1 aromatic carbocycles. The summed E-state index contributed by atoms with van der Waals surface area (Å²) in [6.45, 7) is 0.482. The molecule has 12 heteroatoms. The molecule has 1 aromatic heterocycles. The second kappa shape index (κ2) is 8.58. The molecule has 0 radical (unpaired) electrons. The lowest BCUT2D eigenvalue weighted by Crippen LogP contribution is -2.38. The van der Waals surface area contributed by atoms with Crippen LogP contribution in [0.1, 0.15) is 58.8 Å². The van der Waals surface area contributed by atoms with Gasteiger partial charge in [0.05, 0.1) is 10.8 Å². The highest BCUT2D eigenvalue weighted by Crippen LogP contribution is 2.44. The van der Waals surface area contributed by atoms with E-state index >= 15 is 0 Å². The minimum Gasteiger partial charge on any atom is -0.503 e. The second-order valence-corrected chi connectivity index (χ2v) is 12.1. The zero-order chi connectivity index (χ0) is 25.2. The third-order valence-corrected chi connectivity index (χ3v) is 8.16. The van der Waals surface area contributed by atoms with Crippen molar-refractivity contribution in [2.24, 2.45) is 0 Å². The summed E-state index contributed by atoms with van der Waals surface area (Å²) in [6.07, 6.45) is 0.736. The van der Waals surface area contributed by atoms with Crippen molar-refractivity contribution >= 4 is 27.3 Å². The lowest BCUT2D eigenvalue weighted by molar-refractivity contribution is -0.0144. The first-order valence-electron chi connectivity index (χ1n) is 11.3. The Morgan fingerprint density at radius 3 is 2.57 bits per heavy atom. The van der Waals surface area contributed by atoms with Crippen molar-refractivity contribution in [2.45, 2.75) is 50.7 Å². The van der Waals surface area contributed by atoms with E-state index in [1.165, 1.54) is 22.8 Å². The quantitative estimate of drug-likeness (QED) is 0.591. The van der Waals surface area contributed by atoms with Gasteiger partial charge in [0, 0.05) is 37.4 Å². The highest BCUT2D eigenvalue weighted by atomic mass is 35.5. The van der Waals surface area contributed by atoms with Crippen LogP contribution in [0.3, 0.4) is 0 Å². The summed E-state index contributed by atoms with van der Waals surface area (Å²) < 4.78 is 38.4. The molecule has 1 aliphatic carbocycles. The maximum atomic E-state index is 13.5. The lowest BCUT2D eigenvalue weighted by atomic mass is 9.95. The van der Waals surface area contributed by atoms with E-state index in [2.05, 4.69) is 0 Å². The molecule has 0 bridgehead atoms. The Kier molecular flexibility index (Phi) is 5.94. The molecule has 2 aliphatic heterocycles. The first-order chi connectivity index (χ1) is 16.5. The Bertz CT molecular complexity index is 1390. The Balaban J connectivity index is 1.54. The normalized spacial score (nSPS) is 22.4. The first-order valence-corrected chi connectivity index (χ1v) is 13.8. The molecule has 35 heavy (non-hydrogen) atoms. The Hall–Kier alpha value is -2.47. The monoisotopic (exact) mass is 525 g/mol. The molecule has 1 saturated carbocycles. The van der Waals surface area contributed by atoms with Gasteiger partial charge in [-0.05, 0) is 42.5 Å². The molecule has 0 saturated heterocycles. The summed E-state index contributed by atoms with van der Waals surface area (Å²) in [5.74, 6) is -1.82. The summed E-state index contributed by atoms with van der Waals surface area (Å²) >= 11 is 5.87. The van der Waals surface area contributed by atoms with Crippen LogP contribution in [-0.2, 0) is 22.8 Å². The van der Waals surface area contributed by atoms with E-state index in [1.807, 2.05) is 0 Å². The number of carbonyl (C=O) groups excluding carboxylic acids is 1. The zero-order valence-electron chi connectivity index (χ0n) is 18.9. The number of carbonyl (C=O) groups is 1. The van der Waals surface area contributed by atoms with E-state index < -0.39 is 39.4 Å². The van der Waals surface area contributed by atoms with Crippen molar-refractivity contribution < 1.29 is 27.8 Å². The van der Waals surface area contributed by atoms with E-state index in [4.69, 9.17) is 11.6 Å². The highest BCUT2D eigenvalue weighted by Gasteiger charge is 2.48. The number of nitrogens with zero attached hydrogens (tertiary/aromatic N) is 3. The van der Waals surface area contributed by atoms with Crippen molar-refractivity contribution in [3.05, 3.63) is 61.8 Å². The van der Waals surface area contributed by atoms with Gasteiger partial charge in [-0.1, -0.05) is 17.7 Å². The number of aromatic nitrogens is 1. The van der Waals surface area contributed by atoms with E-state index in [0.717, 1.165) is 19.1 Å². The molecule has 1 fully saturated rings. The van der Waals surface area contributed by atoms with Gasteiger partial charge >= 0.3 is 0 Å². The van der Waals surface area contributed by atoms with Gasteiger partial charge in [0.1, 0.15) is 33.7 Å². The number of aliphatic hydroxyl groups excluding tert-OH is 1. The van der Waals surface area contributed by atoms with Gasteiger partial charge in [0.2, 0.25) is 0 Å². The van der Waals surface area contributed by atoms with Gasteiger partial charge in [-0.3, -0.25) is 19.1 Å². The van der Waals surface area contributed by atoms with Crippen LogP contribution >= 0.6 is 11.6 Å². The fourth-order valence-corrected chi connectivity index (χ4v) is 5.97. The zero-order valence-corrected chi connectivity index (χ0v) is 20.5. The molecular formula is C23H25ClFN3O6S. The predicted molar refractivity (Wildman–Crippen MR) is 125 cm³/mol. The molecule has 188 valence electrons. The average molecular weight is 526 g/mol. The number of hydrogen-bond acceptors (Lipinski definition) is 7. The van der Waals surface area contributed by atoms with Crippen LogP contribution < -0.4 is 5.56 Å². The van der Waals surface area contributed by atoms with Crippen molar-refractivity contribution in [1.82, 2.24) is 14.4 Å². The SMILES string of the molecule is CS(=O)(=O)CCC1N(C2CC2)C(=O)c2c3c(c(O)c(=O)n21)C(O)N(Cc1ccc(F)c(Cl)c1)CC3. The standard InChI is InChI=1S/C23H25ClFN3O6S/c1-35(33,34)9-7-17-27(13-3-4-13)22(31)19-14-6-8-26(11-12-2-5-16(25)15(24)10-12)21(30)18(14)20(29)23(32)28(17)19/h2,5,10,13,17,21,29-30H,3-4,6-9,11H2,1H3. The molecule has 3 heterocycles. The number of fused-ring (bicyclic) bond motifs is 3. The second-order valence-electron chi connectivity index (χ2n) is 9.45. The smallest absolute Gasteiger partial charge is 0.295 e. The summed E-state index contributed by atoms with van der Waals surface area (Å²) in [7, 11) is -3.35. The molecule has 5 rings (SSSR count). The number of aromatic hydroxyl groups is 1. The van der Waals surface area contributed by atoms with Crippen molar-refractivity contribution in [1.29, 1.82) is 0 Å². The number of halogens is 2. The van der Waals surface area contributed by atoms with Crippen LogP contribution in [0.4, 0.5) is 4.39 Å². The number of aliphatic hydroxyl groups is 1. The van der Waals surface area contributed by atoms with Crippen LogP contribution in [0.5, 0.6) is 5.75 Å². The van der Waals surface area contributed by atoms with Gasteiger partial charge in [-0.15, -0.1) is 0 Å². The van der Waals surface area contributed by atoms with E-state index in [9.17, 15) is 32.6 Å². The fourth-order valence-electron chi connectivity index (χ4n) is 5.12. The predicted octanol–water partition coefficient (Wildman–Crippen LogP) is 1.95. The average Bonchev–Trinajstić information content (AvgIpc) is 3.57. The molecule has 3 aliphatic rings. The van der Waals surface area contributed by atoms with Gasteiger partial charge in [-0.2, -0.15) is 0 Å². The summed E-state index contributed by atoms with van der Waals surface area (Å²) in [5.41, 5.74) is 0.276. The molecule has 9 nitrogen and oxygen atoms in total. The summed E-state index contributed by atoms with van der Waals surface area (Å²) in [5, 5.41) is 21.9. The van der Waals surface area contributed by atoms with Gasteiger partial charge < -0.3 is 15.1 Å². The van der Waals surface area contributed by atoms with E-state index in [-0.39, 0.29) is 53.4 Å². The van der Waals surface area contributed by atoms with Crippen LogP contribution in [-0.4, -0.2) is 63.5 Å². The Labute approximate surface area is 206 Å². The number of benzene rings is 1. The van der Waals surface area contributed by atoms with Crippen LogP contribution in [0.2, 0.25) is 5.02 Å². The third kappa shape index (κ3) is 4.24. The van der Waals surface area contributed by atoms with Crippen molar-refractivity contribution in [3.63, 3.8) is 0 Å². The summed E-state index contributed by atoms with van der Waals surface area (Å²) in [4.78, 5) is 29.9. The molecule has 2 N–H and O–H groups in total. The third-order valence-electron chi connectivity index (χ3n) is 6.89. The lowest BCUT2D eigenvalue weighted by Gasteiger charge is -2.35. The maximum absolute atomic E-state index is 13.5. The number of rotatable bonds is 6. The molecule has 2 unspecified atom stereocenters. The number of sulfone groups is 1. The molecular weight excluding hydrogens is 501 g/mol. The molecule has 2 aromatic rings. The van der Waals surface area contributed by atoms with Gasteiger partial charge in [-0.25, -0.2) is 12.8 Å². The number of hydrogen-bond donors (Lipinski definition) is 2. The Morgan fingerprint density at radius 1 is 1.23 bits per heavy atom. The van der Waals surface area contributed by atoms with Crippen molar-refractivity contribution in [2.75, 3.05) is 18.6 Å². The topological polar surface area (TPSA) is 120 Å². The van der Waals surface area contributed by atoms with Crippen LogP contribution in [0, 0.1) is 5.82 Å². The minimum absolute atomic E-state index is 0.0198. The Morgan fingerprint density at radius 2 is 1.94 bits per heavy atom. The first kappa shape index (κ1) is 24.2.